The number of para-hydroxylation sites is 1. The Kier molecular flexibility index (Phi) is 5.11. The third-order valence-corrected chi connectivity index (χ3v) is 4.27. The molecule has 0 saturated heterocycles. The maximum Gasteiger partial charge on any atom is 0.252 e. The predicted molar refractivity (Wildman–Crippen MR) is 103 cm³/mol. The van der Waals surface area contributed by atoms with Crippen LogP contribution in [0.1, 0.15) is 44.0 Å². The van der Waals surface area contributed by atoms with Crippen LogP contribution in [-0.4, -0.2) is 35.9 Å². The molecule has 1 fully saturated rings. The zero-order valence-corrected chi connectivity index (χ0v) is 15.6. The van der Waals surface area contributed by atoms with E-state index in [1.807, 2.05) is 45.0 Å². The van der Waals surface area contributed by atoms with Crippen molar-refractivity contribution in [2.45, 2.75) is 39.7 Å². The van der Waals surface area contributed by atoms with Crippen molar-refractivity contribution in [3.8, 4) is 0 Å². The highest BCUT2D eigenvalue weighted by Crippen LogP contribution is 2.23. The largest absolute Gasteiger partial charge is 0.368 e. The number of pyridine rings is 1. The molecule has 3 rings (SSSR count). The van der Waals surface area contributed by atoms with Crippen LogP contribution in [-0.2, 0) is 4.79 Å². The summed E-state index contributed by atoms with van der Waals surface area (Å²) in [5.41, 5.74) is 0.996. The first-order chi connectivity index (χ1) is 12.3. The summed E-state index contributed by atoms with van der Waals surface area (Å²) < 4.78 is 0. The molecule has 1 aliphatic carbocycles. The number of hydrogen-bond donors (Lipinski definition) is 3. The van der Waals surface area contributed by atoms with Crippen LogP contribution >= 0.6 is 0 Å². The SMILES string of the molecule is CC(C)(C)C(=O)NCCNc1cc(C(=O)NC2CC2)c2ccccc2n1. The summed E-state index contributed by atoms with van der Waals surface area (Å²) in [7, 11) is 0. The standard InChI is InChI=1S/C20H26N4O2/c1-20(2,3)19(26)22-11-10-21-17-12-15(18(25)23-13-8-9-13)14-6-4-5-7-16(14)24-17/h4-7,12-13H,8-11H2,1-3H3,(H,21,24)(H,22,26)(H,23,25). The normalized spacial score (nSPS) is 14.1. The van der Waals surface area contributed by atoms with Gasteiger partial charge in [-0.25, -0.2) is 4.98 Å². The van der Waals surface area contributed by atoms with Gasteiger partial charge in [-0.05, 0) is 25.0 Å². The summed E-state index contributed by atoms with van der Waals surface area (Å²) in [4.78, 5) is 29.0. The van der Waals surface area contributed by atoms with Crippen molar-refractivity contribution in [2.75, 3.05) is 18.4 Å². The van der Waals surface area contributed by atoms with Crippen molar-refractivity contribution in [2.24, 2.45) is 5.41 Å². The molecule has 26 heavy (non-hydrogen) atoms. The third kappa shape index (κ3) is 4.50. The van der Waals surface area contributed by atoms with Gasteiger partial charge in [0.25, 0.3) is 5.91 Å². The molecule has 3 N–H and O–H groups in total. The van der Waals surface area contributed by atoms with Crippen LogP contribution in [0.2, 0.25) is 0 Å². The van der Waals surface area contributed by atoms with Gasteiger partial charge in [0, 0.05) is 29.9 Å². The van der Waals surface area contributed by atoms with Crippen LogP contribution in [0.3, 0.4) is 0 Å². The Bertz CT molecular complexity index is 822. The minimum atomic E-state index is -0.407. The molecule has 1 aromatic heterocycles. The fourth-order valence-corrected chi connectivity index (χ4v) is 2.58. The summed E-state index contributed by atoms with van der Waals surface area (Å²) in [6.45, 7) is 6.67. The lowest BCUT2D eigenvalue weighted by Gasteiger charge is -2.18. The van der Waals surface area contributed by atoms with E-state index in [4.69, 9.17) is 0 Å². The van der Waals surface area contributed by atoms with Gasteiger partial charge in [0.05, 0.1) is 11.1 Å². The molecule has 1 aromatic carbocycles. The van der Waals surface area contributed by atoms with Crippen LogP contribution in [0.25, 0.3) is 10.9 Å². The molecule has 1 heterocycles. The second-order valence-electron chi connectivity index (χ2n) is 7.75. The first-order valence-corrected chi connectivity index (χ1v) is 9.07. The van der Waals surface area contributed by atoms with Crippen LogP contribution in [0.4, 0.5) is 5.82 Å². The number of carbonyl (C=O) groups is 2. The molecule has 6 heteroatoms. The fraction of sp³-hybridized carbons (Fsp3) is 0.450. The van der Waals surface area contributed by atoms with Crippen LogP contribution < -0.4 is 16.0 Å². The molecule has 0 spiro atoms. The number of aromatic nitrogens is 1. The summed E-state index contributed by atoms with van der Waals surface area (Å²) in [5.74, 6) is 0.583. The van der Waals surface area contributed by atoms with E-state index in [0.29, 0.717) is 30.5 Å². The molecule has 0 bridgehead atoms. The van der Waals surface area contributed by atoms with E-state index in [-0.39, 0.29) is 11.8 Å². The first-order valence-electron chi connectivity index (χ1n) is 9.07. The number of nitrogens with zero attached hydrogens (tertiary/aromatic N) is 1. The van der Waals surface area contributed by atoms with Gasteiger partial charge in [-0.3, -0.25) is 9.59 Å². The molecule has 0 unspecified atom stereocenters. The van der Waals surface area contributed by atoms with E-state index in [1.54, 1.807) is 6.07 Å². The maximum atomic E-state index is 12.6. The van der Waals surface area contributed by atoms with Crippen molar-refractivity contribution in [3.63, 3.8) is 0 Å². The zero-order valence-electron chi connectivity index (χ0n) is 15.6. The van der Waals surface area contributed by atoms with Gasteiger partial charge in [0.15, 0.2) is 0 Å². The fourth-order valence-electron chi connectivity index (χ4n) is 2.58. The minimum absolute atomic E-state index is 0.00951. The molecule has 0 aliphatic heterocycles. The topological polar surface area (TPSA) is 83.1 Å². The summed E-state index contributed by atoms with van der Waals surface area (Å²) in [6, 6.07) is 9.72. The first kappa shape index (κ1) is 18.2. The number of anilines is 1. The number of carbonyl (C=O) groups excluding carboxylic acids is 2. The molecule has 1 saturated carbocycles. The molecule has 0 atom stereocenters. The molecule has 2 aromatic rings. The van der Waals surface area contributed by atoms with E-state index in [2.05, 4.69) is 20.9 Å². The smallest absolute Gasteiger partial charge is 0.252 e. The van der Waals surface area contributed by atoms with E-state index in [9.17, 15) is 9.59 Å². The van der Waals surface area contributed by atoms with Gasteiger partial charge in [-0.15, -0.1) is 0 Å². The van der Waals surface area contributed by atoms with Crippen molar-refractivity contribution in [3.05, 3.63) is 35.9 Å². The number of fused-ring (bicyclic) bond motifs is 1. The lowest BCUT2D eigenvalue weighted by Crippen LogP contribution is -2.37. The molecule has 1 aliphatic rings. The quantitative estimate of drug-likeness (QED) is 0.697. The Morgan fingerprint density at radius 3 is 2.58 bits per heavy atom. The Labute approximate surface area is 153 Å². The van der Waals surface area contributed by atoms with Gasteiger partial charge < -0.3 is 16.0 Å². The number of amides is 2. The molecular formula is C20H26N4O2. The molecule has 6 nitrogen and oxygen atoms in total. The van der Waals surface area contributed by atoms with E-state index in [0.717, 1.165) is 23.7 Å². The Hall–Kier alpha value is -2.63. The van der Waals surface area contributed by atoms with E-state index in [1.165, 1.54) is 0 Å². The number of rotatable bonds is 6. The van der Waals surface area contributed by atoms with Gasteiger partial charge >= 0.3 is 0 Å². The average Bonchev–Trinajstić information content (AvgIpc) is 3.40. The van der Waals surface area contributed by atoms with Crippen LogP contribution in [0.15, 0.2) is 30.3 Å². The molecule has 138 valence electrons. The van der Waals surface area contributed by atoms with Crippen LogP contribution in [0.5, 0.6) is 0 Å². The maximum absolute atomic E-state index is 12.6. The minimum Gasteiger partial charge on any atom is -0.368 e. The number of hydrogen-bond acceptors (Lipinski definition) is 4. The lowest BCUT2D eigenvalue weighted by atomic mass is 9.96. The monoisotopic (exact) mass is 354 g/mol. The Morgan fingerprint density at radius 1 is 1.15 bits per heavy atom. The van der Waals surface area contributed by atoms with Gasteiger partial charge in [0.1, 0.15) is 5.82 Å². The van der Waals surface area contributed by atoms with Crippen molar-refractivity contribution < 1.29 is 9.59 Å². The lowest BCUT2D eigenvalue weighted by molar-refractivity contribution is -0.128. The zero-order chi connectivity index (χ0) is 18.7. The summed E-state index contributed by atoms with van der Waals surface area (Å²) >= 11 is 0. The average molecular weight is 354 g/mol. The van der Waals surface area contributed by atoms with Gasteiger partial charge in [0.2, 0.25) is 5.91 Å². The highest BCUT2D eigenvalue weighted by molar-refractivity contribution is 6.07. The van der Waals surface area contributed by atoms with Crippen molar-refractivity contribution in [1.82, 2.24) is 15.6 Å². The van der Waals surface area contributed by atoms with Crippen molar-refractivity contribution >= 4 is 28.5 Å². The Morgan fingerprint density at radius 2 is 1.88 bits per heavy atom. The molecule has 2 amide bonds. The molecular weight excluding hydrogens is 328 g/mol. The third-order valence-electron chi connectivity index (χ3n) is 4.27. The number of nitrogens with one attached hydrogen (secondary N) is 3. The molecule has 0 radical (unpaired) electrons. The van der Waals surface area contributed by atoms with Gasteiger partial charge in [-0.2, -0.15) is 0 Å². The highest BCUT2D eigenvalue weighted by Gasteiger charge is 2.25. The van der Waals surface area contributed by atoms with Crippen molar-refractivity contribution in [1.29, 1.82) is 0 Å². The highest BCUT2D eigenvalue weighted by atomic mass is 16.2. The number of benzene rings is 1. The second-order valence-corrected chi connectivity index (χ2v) is 7.75. The summed E-state index contributed by atoms with van der Waals surface area (Å²) in [5, 5.41) is 9.98. The summed E-state index contributed by atoms with van der Waals surface area (Å²) in [6.07, 6.45) is 2.10. The van der Waals surface area contributed by atoms with E-state index < -0.39 is 5.41 Å². The van der Waals surface area contributed by atoms with E-state index >= 15 is 0 Å². The Balaban J connectivity index is 1.70. The van der Waals surface area contributed by atoms with Gasteiger partial charge in [-0.1, -0.05) is 39.0 Å². The second kappa shape index (κ2) is 7.32. The predicted octanol–water partition coefficient (Wildman–Crippen LogP) is 2.70. The van der Waals surface area contributed by atoms with Crippen LogP contribution in [0, 0.1) is 5.41 Å².